The molecule has 3 nitrogen and oxygen atoms in total. The first kappa shape index (κ1) is 12.6. The molecule has 0 spiro atoms. The number of hydrogen-bond donors (Lipinski definition) is 2. The van der Waals surface area contributed by atoms with Gasteiger partial charge in [0, 0.05) is 17.5 Å². The van der Waals surface area contributed by atoms with Gasteiger partial charge in [0.15, 0.2) is 5.76 Å². The van der Waals surface area contributed by atoms with Gasteiger partial charge in [-0.2, -0.15) is 0 Å². The molecular weight excluding hydrogens is 248 g/mol. The molecule has 0 radical (unpaired) electrons. The Morgan fingerprint density at radius 2 is 1.60 bits per heavy atom. The Balaban J connectivity index is 1.97. The van der Waals surface area contributed by atoms with Crippen molar-refractivity contribution in [3.05, 3.63) is 77.6 Å². The molecule has 0 fully saturated rings. The van der Waals surface area contributed by atoms with E-state index < -0.39 is 5.72 Å². The number of nitrogens with two attached hydrogens (primary N) is 1. The van der Waals surface area contributed by atoms with Gasteiger partial charge in [0.2, 0.25) is 5.72 Å². The molecule has 1 aliphatic rings. The van der Waals surface area contributed by atoms with Crippen molar-refractivity contribution in [1.82, 2.24) is 5.32 Å². The van der Waals surface area contributed by atoms with Crippen molar-refractivity contribution < 1.29 is 4.74 Å². The van der Waals surface area contributed by atoms with Crippen LogP contribution < -0.4 is 11.1 Å². The van der Waals surface area contributed by atoms with Gasteiger partial charge in [0.25, 0.3) is 0 Å². The summed E-state index contributed by atoms with van der Waals surface area (Å²) in [5, 5.41) is 3.32. The summed E-state index contributed by atoms with van der Waals surface area (Å²) in [5.41, 5.74) is 7.64. The van der Waals surface area contributed by atoms with E-state index in [4.69, 9.17) is 10.5 Å². The minimum atomic E-state index is -0.573. The van der Waals surface area contributed by atoms with Crippen LogP contribution in [0, 0.1) is 0 Å². The molecule has 0 amide bonds. The second kappa shape index (κ2) is 4.93. The summed E-state index contributed by atoms with van der Waals surface area (Å²) in [6, 6.07) is 20.1. The highest BCUT2D eigenvalue weighted by Gasteiger charge is 2.40. The fourth-order valence-electron chi connectivity index (χ4n) is 2.54. The third kappa shape index (κ3) is 2.01. The summed E-state index contributed by atoms with van der Waals surface area (Å²) in [6.07, 6.45) is 0.786. The first-order chi connectivity index (χ1) is 9.75. The molecule has 0 saturated carbocycles. The minimum Gasteiger partial charge on any atom is -0.459 e. The molecule has 3 heteroatoms. The van der Waals surface area contributed by atoms with Crippen LogP contribution in [0.1, 0.15) is 24.5 Å². The van der Waals surface area contributed by atoms with Gasteiger partial charge in [-0.1, -0.05) is 67.6 Å². The van der Waals surface area contributed by atoms with Crippen LogP contribution in [0.4, 0.5) is 0 Å². The van der Waals surface area contributed by atoms with Crippen LogP contribution in [0.3, 0.4) is 0 Å². The van der Waals surface area contributed by atoms with Crippen LogP contribution >= 0.6 is 0 Å². The van der Waals surface area contributed by atoms with Gasteiger partial charge < -0.3 is 15.8 Å². The summed E-state index contributed by atoms with van der Waals surface area (Å²) in [5.74, 6) is 1.30. The first-order valence-electron chi connectivity index (χ1n) is 6.83. The Hall–Kier alpha value is -2.42. The molecule has 0 aliphatic carbocycles. The van der Waals surface area contributed by atoms with Gasteiger partial charge >= 0.3 is 0 Å². The average Bonchev–Trinajstić information content (AvgIpc) is 2.87. The van der Waals surface area contributed by atoms with Crippen LogP contribution in [-0.2, 0) is 10.5 Å². The maximum Gasteiger partial charge on any atom is 0.208 e. The molecule has 1 heterocycles. The Morgan fingerprint density at radius 1 is 1.00 bits per heavy atom. The minimum absolute atomic E-state index is 0.573. The van der Waals surface area contributed by atoms with Crippen molar-refractivity contribution in [1.29, 1.82) is 0 Å². The van der Waals surface area contributed by atoms with Crippen LogP contribution in [-0.4, -0.2) is 0 Å². The number of rotatable bonds is 3. The summed E-state index contributed by atoms with van der Waals surface area (Å²) >= 11 is 0. The number of ether oxygens (including phenoxy) is 1. The van der Waals surface area contributed by atoms with E-state index in [-0.39, 0.29) is 0 Å². The van der Waals surface area contributed by atoms with E-state index in [2.05, 4.69) is 24.4 Å². The molecule has 3 N–H and O–H groups in total. The van der Waals surface area contributed by atoms with Gasteiger partial charge in [-0.3, -0.25) is 0 Å². The SMILES string of the molecule is CCC1(c2ccccc2)NC(N)=C(c2ccccc2)O1. The van der Waals surface area contributed by atoms with E-state index >= 15 is 0 Å². The molecule has 1 unspecified atom stereocenters. The molecule has 0 saturated heterocycles. The molecule has 1 aliphatic heterocycles. The maximum absolute atomic E-state index is 6.23. The zero-order chi connectivity index (χ0) is 14.0. The third-order valence-electron chi connectivity index (χ3n) is 3.63. The lowest BCUT2D eigenvalue weighted by atomic mass is 10.0. The molecule has 1 atom stereocenters. The van der Waals surface area contributed by atoms with E-state index in [9.17, 15) is 0 Å². The van der Waals surface area contributed by atoms with Crippen LogP contribution in [0.25, 0.3) is 5.76 Å². The Morgan fingerprint density at radius 3 is 2.20 bits per heavy atom. The molecular formula is C17H18N2O. The quantitative estimate of drug-likeness (QED) is 0.897. The smallest absolute Gasteiger partial charge is 0.208 e. The third-order valence-corrected chi connectivity index (χ3v) is 3.63. The summed E-state index contributed by atoms with van der Waals surface area (Å²) in [6.45, 7) is 2.08. The monoisotopic (exact) mass is 266 g/mol. The first-order valence-corrected chi connectivity index (χ1v) is 6.83. The molecule has 2 aromatic carbocycles. The maximum atomic E-state index is 6.23. The zero-order valence-electron chi connectivity index (χ0n) is 11.5. The van der Waals surface area contributed by atoms with Gasteiger partial charge in [-0.05, 0) is 0 Å². The van der Waals surface area contributed by atoms with Gasteiger partial charge in [0.05, 0.1) is 0 Å². The van der Waals surface area contributed by atoms with Crippen molar-refractivity contribution in [2.45, 2.75) is 19.1 Å². The normalized spacial score (nSPS) is 21.4. The molecule has 0 aromatic heterocycles. The topological polar surface area (TPSA) is 47.3 Å². The predicted octanol–water partition coefficient (Wildman–Crippen LogP) is 3.15. The van der Waals surface area contributed by atoms with E-state index in [0.29, 0.717) is 5.82 Å². The molecule has 102 valence electrons. The Labute approximate surface area is 119 Å². The second-order valence-corrected chi connectivity index (χ2v) is 4.88. The lowest BCUT2D eigenvalue weighted by Gasteiger charge is -2.29. The highest BCUT2D eigenvalue weighted by molar-refractivity contribution is 5.64. The highest BCUT2D eigenvalue weighted by atomic mass is 16.5. The standard InChI is InChI=1S/C17H18N2O/c1-2-17(14-11-7-4-8-12-14)19-16(18)15(20-17)13-9-5-3-6-10-13/h3-12,19H,2,18H2,1H3. The van der Waals surface area contributed by atoms with Crippen molar-refractivity contribution in [2.75, 3.05) is 0 Å². The summed E-state index contributed by atoms with van der Waals surface area (Å²) in [4.78, 5) is 0. The van der Waals surface area contributed by atoms with Crippen molar-refractivity contribution in [3.8, 4) is 0 Å². The van der Waals surface area contributed by atoms with Gasteiger partial charge in [0.1, 0.15) is 5.82 Å². The summed E-state index contributed by atoms with van der Waals surface area (Å²) < 4.78 is 6.23. The Kier molecular flexibility index (Phi) is 3.11. The number of nitrogens with one attached hydrogen (secondary N) is 1. The zero-order valence-corrected chi connectivity index (χ0v) is 11.5. The lowest BCUT2D eigenvalue weighted by Crippen LogP contribution is -2.39. The van der Waals surface area contributed by atoms with E-state index in [1.165, 1.54) is 0 Å². The van der Waals surface area contributed by atoms with Crippen LogP contribution in [0.2, 0.25) is 0 Å². The van der Waals surface area contributed by atoms with Gasteiger partial charge in [-0.15, -0.1) is 0 Å². The van der Waals surface area contributed by atoms with E-state index in [0.717, 1.165) is 23.3 Å². The Bertz CT molecular complexity index is 622. The number of benzene rings is 2. The number of hydrogen-bond acceptors (Lipinski definition) is 3. The molecule has 20 heavy (non-hydrogen) atoms. The van der Waals surface area contributed by atoms with E-state index in [1.807, 2.05) is 48.5 Å². The van der Waals surface area contributed by atoms with Gasteiger partial charge in [-0.25, -0.2) is 0 Å². The van der Waals surface area contributed by atoms with Crippen molar-refractivity contribution >= 4 is 5.76 Å². The van der Waals surface area contributed by atoms with Crippen molar-refractivity contribution in [2.24, 2.45) is 5.73 Å². The average molecular weight is 266 g/mol. The summed E-state index contributed by atoms with van der Waals surface area (Å²) in [7, 11) is 0. The molecule has 0 bridgehead atoms. The molecule has 3 rings (SSSR count). The fourth-order valence-corrected chi connectivity index (χ4v) is 2.54. The van der Waals surface area contributed by atoms with Crippen LogP contribution in [0.15, 0.2) is 66.5 Å². The highest BCUT2D eigenvalue weighted by Crippen LogP contribution is 2.38. The largest absolute Gasteiger partial charge is 0.459 e. The lowest BCUT2D eigenvalue weighted by molar-refractivity contribution is 0.0299. The second-order valence-electron chi connectivity index (χ2n) is 4.88. The van der Waals surface area contributed by atoms with E-state index in [1.54, 1.807) is 0 Å². The fraction of sp³-hybridized carbons (Fsp3) is 0.176. The predicted molar refractivity (Wildman–Crippen MR) is 80.2 cm³/mol. The van der Waals surface area contributed by atoms with Crippen molar-refractivity contribution in [3.63, 3.8) is 0 Å². The molecule has 2 aromatic rings. The van der Waals surface area contributed by atoms with Crippen LogP contribution in [0.5, 0.6) is 0 Å².